The molecule has 0 bridgehead atoms. The molecule has 0 atom stereocenters. The highest BCUT2D eigenvalue weighted by atomic mass is 35.5. The molecule has 138 valence electrons. The molecule has 6 nitrogen and oxygen atoms in total. The number of piperidine rings is 1. The van der Waals surface area contributed by atoms with Crippen molar-refractivity contribution in [3.05, 3.63) is 62.0 Å². The molecule has 1 aliphatic rings. The van der Waals surface area contributed by atoms with E-state index in [0.717, 1.165) is 31.5 Å². The second kappa shape index (κ2) is 8.20. The van der Waals surface area contributed by atoms with Crippen molar-refractivity contribution in [2.45, 2.75) is 32.5 Å². The number of halogens is 2. The number of rotatable bonds is 4. The molecule has 1 amide bonds. The molecule has 1 aromatic heterocycles. The van der Waals surface area contributed by atoms with E-state index in [9.17, 15) is 9.59 Å². The Labute approximate surface area is 161 Å². The summed E-state index contributed by atoms with van der Waals surface area (Å²) in [5.74, 6) is -0.0380. The smallest absolute Gasteiger partial charge is 0.288 e. The van der Waals surface area contributed by atoms with Gasteiger partial charge in [0, 0.05) is 24.7 Å². The first kappa shape index (κ1) is 18.9. The van der Waals surface area contributed by atoms with Gasteiger partial charge >= 0.3 is 0 Å². The van der Waals surface area contributed by atoms with Crippen LogP contribution in [0.15, 0.2) is 35.3 Å². The van der Waals surface area contributed by atoms with Crippen LogP contribution in [0, 0.1) is 6.92 Å². The highest BCUT2D eigenvalue weighted by Gasteiger charge is 2.22. The summed E-state index contributed by atoms with van der Waals surface area (Å²) in [6, 6.07) is 7.68. The summed E-state index contributed by atoms with van der Waals surface area (Å²) in [5.41, 5.74) is 1.28. The van der Waals surface area contributed by atoms with Crippen molar-refractivity contribution in [3.63, 3.8) is 0 Å². The third-order valence-electron chi connectivity index (χ3n) is 4.59. The van der Waals surface area contributed by atoms with E-state index in [4.69, 9.17) is 23.2 Å². The summed E-state index contributed by atoms with van der Waals surface area (Å²) >= 11 is 11.7. The van der Waals surface area contributed by atoms with Crippen LogP contribution in [0.4, 0.5) is 0 Å². The van der Waals surface area contributed by atoms with Gasteiger partial charge in [-0.1, -0.05) is 41.4 Å². The number of aromatic nitrogens is 2. The van der Waals surface area contributed by atoms with Crippen LogP contribution >= 0.6 is 23.2 Å². The first-order valence-electron chi connectivity index (χ1n) is 8.45. The van der Waals surface area contributed by atoms with Crippen LogP contribution in [0.2, 0.25) is 10.0 Å². The van der Waals surface area contributed by atoms with Crippen LogP contribution in [0.3, 0.4) is 0 Å². The lowest BCUT2D eigenvalue weighted by Crippen LogP contribution is -2.46. The normalized spacial score (nSPS) is 15.8. The van der Waals surface area contributed by atoms with Gasteiger partial charge in [0.05, 0.1) is 17.9 Å². The molecule has 0 spiro atoms. The molecule has 8 heteroatoms. The zero-order chi connectivity index (χ0) is 18.7. The standard InChI is InChI=1S/C18H20Cl2N4O2/c1-12-4-2-3-5-14(12)17(25)22-13-6-8-23(9-7-13)11-24-18(26)16(20)15(19)10-21-24/h2-5,10,13H,6-9,11H2,1H3,(H,22,25). The molecule has 2 heterocycles. The van der Waals surface area contributed by atoms with Gasteiger partial charge in [-0.25, -0.2) is 4.68 Å². The van der Waals surface area contributed by atoms with E-state index in [0.29, 0.717) is 12.2 Å². The molecule has 0 aliphatic carbocycles. The van der Waals surface area contributed by atoms with Crippen molar-refractivity contribution in [1.82, 2.24) is 20.0 Å². The third kappa shape index (κ3) is 4.26. The first-order chi connectivity index (χ1) is 12.5. The molecule has 0 radical (unpaired) electrons. The Bertz CT molecular complexity index is 861. The van der Waals surface area contributed by atoms with Crippen LogP contribution in [-0.2, 0) is 6.67 Å². The van der Waals surface area contributed by atoms with Gasteiger partial charge in [-0.3, -0.25) is 14.5 Å². The second-order valence-electron chi connectivity index (χ2n) is 6.43. The van der Waals surface area contributed by atoms with E-state index >= 15 is 0 Å². The lowest BCUT2D eigenvalue weighted by molar-refractivity contribution is 0.0894. The second-order valence-corrected chi connectivity index (χ2v) is 7.22. The number of carbonyl (C=O) groups is 1. The lowest BCUT2D eigenvalue weighted by atomic mass is 10.0. The first-order valence-corrected chi connectivity index (χ1v) is 9.21. The number of aryl methyl sites for hydroxylation is 1. The van der Waals surface area contributed by atoms with Crippen molar-refractivity contribution in [1.29, 1.82) is 0 Å². The maximum absolute atomic E-state index is 12.4. The Morgan fingerprint density at radius 3 is 2.65 bits per heavy atom. The fourth-order valence-electron chi connectivity index (χ4n) is 3.04. The Morgan fingerprint density at radius 1 is 1.27 bits per heavy atom. The number of benzene rings is 1. The summed E-state index contributed by atoms with van der Waals surface area (Å²) in [7, 11) is 0. The molecule has 0 unspecified atom stereocenters. The van der Waals surface area contributed by atoms with Gasteiger partial charge in [-0.05, 0) is 31.4 Å². The van der Waals surface area contributed by atoms with Crippen molar-refractivity contribution in [2.24, 2.45) is 0 Å². The molecule has 1 fully saturated rings. The fraction of sp³-hybridized carbons (Fsp3) is 0.389. The minimum atomic E-state index is -0.394. The quantitative estimate of drug-likeness (QED) is 0.865. The fourth-order valence-corrected chi connectivity index (χ4v) is 3.32. The molecule has 0 saturated carbocycles. The van der Waals surface area contributed by atoms with Gasteiger partial charge in [-0.2, -0.15) is 5.10 Å². The average molecular weight is 395 g/mol. The Kier molecular flexibility index (Phi) is 5.96. The summed E-state index contributed by atoms with van der Waals surface area (Å²) in [6.45, 7) is 3.80. The maximum Gasteiger partial charge on any atom is 0.288 e. The number of likely N-dealkylation sites (tertiary alicyclic amines) is 1. The Hall–Kier alpha value is -1.89. The van der Waals surface area contributed by atoms with Crippen LogP contribution in [0.1, 0.15) is 28.8 Å². The van der Waals surface area contributed by atoms with Crippen LogP contribution < -0.4 is 10.9 Å². The maximum atomic E-state index is 12.4. The van der Waals surface area contributed by atoms with E-state index in [2.05, 4.69) is 15.3 Å². The number of amides is 1. The van der Waals surface area contributed by atoms with E-state index in [1.54, 1.807) is 0 Å². The monoisotopic (exact) mass is 394 g/mol. The number of carbonyl (C=O) groups excluding carboxylic acids is 1. The van der Waals surface area contributed by atoms with E-state index in [-0.39, 0.29) is 22.0 Å². The Balaban J connectivity index is 1.55. The largest absolute Gasteiger partial charge is 0.349 e. The van der Waals surface area contributed by atoms with E-state index in [1.165, 1.54) is 10.9 Å². The zero-order valence-corrected chi connectivity index (χ0v) is 15.9. The molecule has 1 N–H and O–H groups in total. The topological polar surface area (TPSA) is 67.2 Å². The third-order valence-corrected chi connectivity index (χ3v) is 5.34. The minimum absolute atomic E-state index is 0.0120. The van der Waals surface area contributed by atoms with E-state index < -0.39 is 5.56 Å². The van der Waals surface area contributed by atoms with Gasteiger partial charge < -0.3 is 5.32 Å². The summed E-state index contributed by atoms with van der Waals surface area (Å²) in [4.78, 5) is 26.6. The van der Waals surface area contributed by atoms with Crippen LogP contribution in [-0.4, -0.2) is 39.7 Å². The van der Waals surface area contributed by atoms with Crippen molar-refractivity contribution >= 4 is 29.1 Å². The zero-order valence-electron chi connectivity index (χ0n) is 14.4. The van der Waals surface area contributed by atoms with Crippen molar-refractivity contribution in [3.8, 4) is 0 Å². The molecule has 1 saturated heterocycles. The molecule has 1 aliphatic heterocycles. The molecular weight excluding hydrogens is 375 g/mol. The lowest BCUT2D eigenvalue weighted by Gasteiger charge is -2.32. The van der Waals surface area contributed by atoms with Crippen LogP contribution in [0.25, 0.3) is 0 Å². The highest BCUT2D eigenvalue weighted by molar-refractivity contribution is 6.41. The number of hydrogen-bond acceptors (Lipinski definition) is 4. The van der Waals surface area contributed by atoms with Crippen molar-refractivity contribution < 1.29 is 4.79 Å². The van der Waals surface area contributed by atoms with Gasteiger partial charge in [0.2, 0.25) is 0 Å². The highest BCUT2D eigenvalue weighted by Crippen LogP contribution is 2.16. The predicted molar refractivity (Wildman–Crippen MR) is 102 cm³/mol. The van der Waals surface area contributed by atoms with Crippen molar-refractivity contribution in [2.75, 3.05) is 13.1 Å². The molecule has 1 aromatic carbocycles. The van der Waals surface area contributed by atoms with Crippen LogP contribution in [0.5, 0.6) is 0 Å². The molecule has 26 heavy (non-hydrogen) atoms. The van der Waals surface area contributed by atoms with Gasteiger partial charge in [0.1, 0.15) is 5.02 Å². The summed E-state index contributed by atoms with van der Waals surface area (Å²) < 4.78 is 1.31. The minimum Gasteiger partial charge on any atom is -0.349 e. The van der Waals surface area contributed by atoms with E-state index in [1.807, 2.05) is 31.2 Å². The molecular formula is C18H20Cl2N4O2. The average Bonchev–Trinajstić information content (AvgIpc) is 2.64. The van der Waals surface area contributed by atoms with Gasteiger partial charge in [0.15, 0.2) is 0 Å². The number of nitrogens with one attached hydrogen (secondary N) is 1. The summed E-state index contributed by atoms with van der Waals surface area (Å²) in [6.07, 6.45) is 3.00. The summed E-state index contributed by atoms with van der Waals surface area (Å²) in [5, 5.41) is 7.27. The SMILES string of the molecule is Cc1ccccc1C(=O)NC1CCN(Cn2ncc(Cl)c(Cl)c2=O)CC1. The molecule has 2 aromatic rings. The van der Waals surface area contributed by atoms with Gasteiger partial charge in [-0.15, -0.1) is 0 Å². The van der Waals surface area contributed by atoms with Gasteiger partial charge in [0.25, 0.3) is 11.5 Å². The predicted octanol–water partition coefficient (Wildman–Crippen LogP) is 2.71. The number of hydrogen-bond donors (Lipinski definition) is 1. The Morgan fingerprint density at radius 2 is 1.96 bits per heavy atom. The molecule has 3 rings (SSSR count). The number of nitrogens with zero attached hydrogens (tertiary/aromatic N) is 3.